The molecular weight excluding hydrogens is 234 g/mol. The summed E-state index contributed by atoms with van der Waals surface area (Å²) in [5, 5.41) is 0. The number of pyridine rings is 1. The first-order valence-electron chi connectivity index (χ1n) is 6.52. The first-order valence-corrected chi connectivity index (χ1v) is 6.52. The molecule has 0 aliphatic rings. The Morgan fingerprint density at radius 3 is 2.42 bits per heavy atom. The van der Waals surface area contributed by atoms with Crippen molar-refractivity contribution in [2.75, 3.05) is 5.73 Å². The van der Waals surface area contributed by atoms with Crippen molar-refractivity contribution < 1.29 is 0 Å². The van der Waals surface area contributed by atoms with E-state index in [0.717, 1.165) is 12.0 Å². The highest BCUT2D eigenvalue weighted by Gasteiger charge is 2.28. The molecule has 1 heterocycles. The van der Waals surface area contributed by atoms with E-state index in [1.165, 1.54) is 5.56 Å². The predicted octanol–water partition coefficient (Wildman–Crippen LogP) is 2.51. The lowest BCUT2D eigenvalue weighted by atomic mass is 9.76. The van der Waals surface area contributed by atoms with Crippen LogP contribution in [0.5, 0.6) is 0 Å². The van der Waals surface area contributed by atoms with Gasteiger partial charge in [0.25, 0.3) is 0 Å². The Kier molecular flexibility index (Phi) is 3.86. The summed E-state index contributed by atoms with van der Waals surface area (Å²) in [5.41, 5.74) is 14.4. The molecule has 0 spiro atoms. The minimum Gasteiger partial charge on any atom is -0.383 e. The van der Waals surface area contributed by atoms with Crippen molar-refractivity contribution in [1.29, 1.82) is 0 Å². The van der Waals surface area contributed by atoms with Gasteiger partial charge >= 0.3 is 0 Å². The standard InChI is InChI=1S/C16H21N3/c1-16(2,13-8-4-3-5-9-13)14(17)11-12-7-6-10-19-15(12)18/h3-10,14H,11,17H2,1-2H3,(H2,18,19). The van der Waals surface area contributed by atoms with E-state index in [0.29, 0.717) is 5.82 Å². The van der Waals surface area contributed by atoms with E-state index in [1.54, 1.807) is 6.20 Å². The summed E-state index contributed by atoms with van der Waals surface area (Å²) in [7, 11) is 0. The number of nitrogens with two attached hydrogens (primary N) is 2. The van der Waals surface area contributed by atoms with Crippen molar-refractivity contribution in [2.24, 2.45) is 5.73 Å². The molecule has 100 valence electrons. The van der Waals surface area contributed by atoms with Crippen molar-refractivity contribution in [3.63, 3.8) is 0 Å². The molecule has 2 rings (SSSR count). The topological polar surface area (TPSA) is 64.9 Å². The fourth-order valence-electron chi connectivity index (χ4n) is 2.20. The van der Waals surface area contributed by atoms with Gasteiger partial charge < -0.3 is 11.5 Å². The van der Waals surface area contributed by atoms with Crippen LogP contribution in [-0.4, -0.2) is 11.0 Å². The van der Waals surface area contributed by atoms with Gasteiger partial charge in [0.1, 0.15) is 5.82 Å². The zero-order chi connectivity index (χ0) is 13.9. The van der Waals surface area contributed by atoms with Crippen LogP contribution in [0.25, 0.3) is 0 Å². The fraction of sp³-hybridized carbons (Fsp3) is 0.312. The molecule has 1 aromatic heterocycles. The first kappa shape index (κ1) is 13.6. The molecule has 0 radical (unpaired) electrons. The predicted molar refractivity (Wildman–Crippen MR) is 79.8 cm³/mol. The van der Waals surface area contributed by atoms with Gasteiger partial charge in [-0.2, -0.15) is 0 Å². The molecule has 3 heteroatoms. The van der Waals surface area contributed by atoms with Crippen LogP contribution in [0.4, 0.5) is 5.82 Å². The third kappa shape index (κ3) is 2.93. The lowest BCUT2D eigenvalue weighted by molar-refractivity contribution is 0.406. The van der Waals surface area contributed by atoms with E-state index in [2.05, 4.69) is 31.0 Å². The van der Waals surface area contributed by atoms with Gasteiger partial charge in [-0.15, -0.1) is 0 Å². The Hall–Kier alpha value is -1.87. The number of nitrogen functional groups attached to an aromatic ring is 1. The third-order valence-corrected chi connectivity index (χ3v) is 3.81. The van der Waals surface area contributed by atoms with Crippen LogP contribution in [0, 0.1) is 0 Å². The first-order chi connectivity index (χ1) is 9.01. The number of rotatable bonds is 4. The quantitative estimate of drug-likeness (QED) is 0.882. The van der Waals surface area contributed by atoms with Crippen LogP contribution in [0.2, 0.25) is 0 Å². The molecule has 0 fully saturated rings. The Morgan fingerprint density at radius 1 is 1.11 bits per heavy atom. The Balaban J connectivity index is 2.20. The molecule has 0 aliphatic heterocycles. The molecule has 1 atom stereocenters. The summed E-state index contributed by atoms with van der Waals surface area (Å²) in [5.74, 6) is 0.571. The molecule has 0 bridgehead atoms. The maximum Gasteiger partial charge on any atom is 0.126 e. The van der Waals surface area contributed by atoms with Gasteiger partial charge in [0.15, 0.2) is 0 Å². The Labute approximate surface area is 114 Å². The van der Waals surface area contributed by atoms with Gasteiger partial charge in [0.2, 0.25) is 0 Å². The molecule has 4 N–H and O–H groups in total. The normalized spacial score (nSPS) is 13.2. The number of anilines is 1. The van der Waals surface area contributed by atoms with Gasteiger partial charge in [-0.1, -0.05) is 50.2 Å². The van der Waals surface area contributed by atoms with Crippen LogP contribution in [0.3, 0.4) is 0 Å². The van der Waals surface area contributed by atoms with Crippen LogP contribution < -0.4 is 11.5 Å². The van der Waals surface area contributed by atoms with E-state index < -0.39 is 0 Å². The molecule has 0 amide bonds. The average Bonchev–Trinajstić information content (AvgIpc) is 2.42. The molecule has 3 nitrogen and oxygen atoms in total. The molecule has 0 saturated carbocycles. The number of hydrogen-bond acceptors (Lipinski definition) is 3. The van der Waals surface area contributed by atoms with E-state index >= 15 is 0 Å². The third-order valence-electron chi connectivity index (χ3n) is 3.81. The van der Waals surface area contributed by atoms with Crippen LogP contribution in [-0.2, 0) is 11.8 Å². The van der Waals surface area contributed by atoms with Crippen molar-refractivity contribution in [2.45, 2.75) is 31.7 Å². The summed E-state index contributed by atoms with van der Waals surface area (Å²) in [6.45, 7) is 4.33. The highest BCUT2D eigenvalue weighted by atomic mass is 14.8. The number of hydrogen-bond donors (Lipinski definition) is 2. The zero-order valence-electron chi connectivity index (χ0n) is 11.5. The maximum absolute atomic E-state index is 6.40. The summed E-state index contributed by atoms with van der Waals surface area (Å²) >= 11 is 0. The van der Waals surface area contributed by atoms with Crippen LogP contribution in [0.15, 0.2) is 48.7 Å². The summed E-state index contributed by atoms with van der Waals surface area (Å²) < 4.78 is 0. The van der Waals surface area contributed by atoms with Gasteiger partial charge in [-0.05, 0) is 23.6 Å². The summed E-state index contributed by atoms with van der Waals surface area (Å²) in [6, 6.07) is 14.2. The van der Waals surface area contributed by atoms with E-state index in [4.69, 9.17) is 11.5 Å². The van der Waals surface area contributed by atoms with Gasteiger partial charge in [-0.3, -0.25) is 0 Å². The van der Waals surface area contributed by atoms with Gasteiger partial charge in [-0.25, -0.2) is 4.98 Å². The highest BCUT2D eigenvalue weighted by molar-refractivity contribution is 5.40. The monoisotopic (exact) mass is 255 g/mol. The van der Waals surface area contributed by atoms with Crippen molar-refractivity contribution in [3.8, 4) is 0 Å². The molecule has 1 aromatic carbocycles. The second-order valence-electron chi connectivity index (χ2n) is 5.45. The van der Waals surface area contributed by atoms with E-state index in [1.807, 2.05) is 30.3 Å². The lowest BCUT2D eigenvalue weighted by Crippen LogP contribution is -2.42. The second kappa shape index (κ2) is 5.41. The maximum atomic E-state index is 6.40. The molecule has 1 unspecified atom stereocenters. The van der Waals surface area contributed by atoms with Crippen molar-refractivity contribution in [1.82, 2.24) is 4.98 Å². The van der Waals surface area contributed by atoms with Gasteiger partial charge in [0, 0.05) is 17.7 Å². The van der Waals surface area contributed by atoms with Crippen molar-refractivity contribution >= 4 is 5.82 Å². The Morgan fingerprint density at radius 2 is 1.79 bits per heavy atom. The summed E-state index contributed by atoms with van der Waals surface area (Å²) in [4.78, 5) is 4.11. The zero-order valence-corrected chi connectivity index (χ0v) is 11.5. The minimum absolute atomic E-state index is 0.0126. The van der Waals surface area contributed by atoms with Crippen molar-refractivity contribution in [3.05, 3.63) is 59.8 Å². The lowest BCUT2D eigenvalue weighted by Gasteiger charge is -2.32. The van der Waals surface area contributed by atoms with E-state index in [9.17, 15) is 0 Å². The SMILES string of the molecule is CC(C)(c1ccccc1)C(N)Cc1cccnc1N. The summed E-state index contributed by atoms with van der Waals surface area (Å²) in [6.07, 6.45) is 2.42. The Bertz CT molecular complexity index is 535. The van der Waals surface area contributed by atoms with E-state index in [-0.39, 0.29) is 11.5 Å². The number of aromatic nitrogens is 1. The molecule has 0 aliphatic carbocycles. The second-order valence-corrected chi connectivity index (χ2v) is 5.45. The highest BCUT2D eigenvalue weighted by Crippen LogP contribution is 2.28. The molecule has 19 heavy (non-hydrogen) atoms. The average molecular weight is 255 g/mol. The molecule has 0 saturated heterocycles. The molecular formula is C16H21N3. The largest absolute Gasteiger partial charge is 0.383 e. The number of nitrogens with zero attached hydrogens (tertiary/aromatic N) is 1. The van der Waals surface area contributed by atoms with Gasteiger partial charge in [0.05, 0.1) is 0 Å². The number of benzene rings is 1. The fourth-order valence-corrected chi connectivity index (χ4v) is 2.20. The smallest absolute Gasteiger partial charge is 0.126 e. The minimum atomic E-state index is -0.108. The van der Waals surface area contributed by atoms with Crippen LogP contribution in [0.1, 0.15) is 25.0 Å². The molecule has 2 aromatic rings. The van der Waals surface area contributed by atoms with Crippen LogP contribution >= 0.6 is 0 Å².